The van der Waals surface area contributed by atoms with Crippen LogP contribution < -0.4 is 10.5 Å². The molecule has 2 rings (SSSR count). The van der Waals surface area contributed by atoms with Crippen LogP contribution in [0.15, 0.2) is 17.0 Å². The first kappa shape index (κ1) is 17.5. The summed E-state index contributed by atoms with van der Waals surface area (Å²) in [7, 11) is -3.71. The van der Waals surface area contributed by atoms with Gasteiger partial charge < -0.3 is 15.2 Å². The highest BCUT2D eigenvalue weighted by molar-refractivity contribution is 7.89. The van der Waals surface area contributed by atoms with Crippen LogP contribution in [0.5, 0.6) is 5.75 Å². The predicted molar refractivity (Wildman–Crippen MR) is 84.9 cm³/mol. The van der Waals surface area contributed by atoms with E-state index in [1.54, 1.807) is 19.9 Å². The summed E-state index contributed by atoms with van der Waals surface area (Å²) in [6, 6.07) is 3.10. The highest BCUT2D eigenvalue weighted by atomic mass is 35.5. The monoisotopic (exact) mass is 348 g/mol. The topological polar surface area (TPSA) is 81.9 Å². The molecule has 1 unspecified atom stereocenters. The molecule has 2 N–H and O–H groups in total. The highest BCUT2D eigenvalue weighted by Gasteiger charge is 2.32. The van der Waals surface area contributed by atoms with Crippen LogP contribution in [0.2, 0.25) is 5.02 Å². The van der Waals surface area contributed by atoms with Gasteiger partial charge in [-0.05, 0) is 31.5 Å². The predicted octanol–water partition coefficient (Wildman–Crippen LogP) is 1.40. The summed E-state index contributed by atoms with van der Waals surface area (Å²) < 4.78 is 38.1. The van der Waals surface area contributed by atoms with Crippen LogP contribution in [0.4, 0.5) is 0 Å². The molecule has 1 aromatic carbocycles. The second kappa shape index (κ2) is 7.14. The molecule has 1 aliphatic rings. The van der Waals surface area contributed by atoms with Gasteiger partial charge in [0.2, 0.25) is 10.0 Å². The van der Waals surface area contributed by atoms with Crippen LogP contribution in [-0.2, 0) is 14.8 Å². The molecule has 6 nitrogen and oxygen atoms in total. The zero-order valence-corrected chi connectivity index (χ0v) is 14.3. The number of nitrogens with two attached hydrogens (primary N) is 1. The summed E-state index contributed by atoms with van der Waals surface area (Å²) in [5, 5.41) is 0.394. The molecule has 124 valence electrons. The normalized spacial score (nSPS) is 20.1. The van der Waals surface area contributed by atoms with Crippen molar-refractivity contribution in [2.45, 2.75) is 24.8 Å². The Morgan fingerprint density at radius 3 is 2.86 bits per heavy atom. The van der Waals surface area contributed by atoms with Gasteiger partial charge in [0.25, 0.3) is 0 Å². The maximum absolute atomic E-state index is 12.9. The number of morpholine rings is 1. The number of hydrogen-bond donors (Lipinski definition) is 1. The molecule has 1 heterocycles. The maximum atomic E-state index is 12.9. The molecule has 8 heteroatoms. The first-order chi connectivity index (χ1) is 10.4. The Morgan fingerprint density at radius 1 is 1.50 bits per heavy atom. The Balaban J connectivity index is 2.42. The van der Waals surface area contributed by atoms with E-state index in [9.17, 15) is 8.42 Å². The second-order valence-corrected chi connectivity index (χ2v) is 7.39. The molecule has 0 aromatic heterocycles. The minimum atomic E-state index is -3.71. The van der Waals surface area contributed by atoms with Gasteiger partial charge in [0, 0.05) is 24.7 Å². The van der Waals surface area contributed by atoms with Gasteiger partial charge >= 0.3 is 0 Å². The number of hydrogen-bond acceptors (Lipinski definition) is 5. The maximum Gasteiger partial charge on any atom is 0.246 e. The number of nitrogens with zero attached hydrogens (tertiary/aromatic N) is 1. The number of halogens is 1. The Hall–Kier alpha value is -0.860. The number of ether oxygens (including phenoxy) is 2. The Morgan fingerprint density at radius 2 is 2.23 bits per heavy atom. The van der Waals surface area contributed by atoms with Gasteiger partial charge in [-0.25, -0.2) is 8.42 Å². The minimum Gasteiger partial charge on any atom is -0.492 e. The summed E-state index contributed by atoms with van der Waals surface area (Å²) in [6.07, 6.45) is -0.292. The number of rotatable bonds is 5. The fraction of sp³-hybridized carbons (Fsp3) is 0.571. The zero-order chi connectivity index (χ0) is 16.3. The van der Waals surface area contributed by atoms with E-state index in [2.05, 4.69) is 0 Å². The van der Waals surface area contributed by atoms with E-state index in [-0.39, 0.29) is 30.6 Å². The fourth-order valence-corrected chi connectivity index (χ4v) is 4.12. The van der Waals surface area contributed by atoms with Crippen molar-refractivity contribution in [1.29, 1.82) is 0 Å². The Kier molecular flexibility index (Phi) is 5.68. The van der Waals surface area contributed by atoms with Crippen molar-refractivity contribution in [2.75, 3.05) is 32.8 Å². The van der Waals surface area contributed by atoms with Gasteiger partial charge in [-0.1, -0.05) is 11.6 Å². The molecule has 0 spiro atoms. The minimum absolute atomic E-state index is 0.0858. The largest absolute Gasteiger partial charge is 0.492 e. The van der Waals surface area contributed by atoms with Crippen molar-refractivity contribution in [3.8, 4) is 5.75 Å². The van der Waals surface area contributed by atoms with Crippen molar-refractivity contribution in [2.24, 2.45) is 5.73 Å². The molecule has 0 radical (unpaired) electrons. The summed E-state index contributed by atoms with van der Waals surface area (Å²) in [6.45, 7) is 5.10. The third-order valence-corrected chi connectivity index (χ3v) is 5.80. The molecule has 1 aromatic rings. The van der Waals surface area contributed by atoms with Gasteiger partial charge in [-0.15, -0.1) is 0 Å². The van der Waals surface area contributed by atoms with E-state index < -0.39 is 10.0 Å². The van der Waals surface area contributed by atoms with Gasteiger partial charge in [0.05, 0.1) is 19.3 Å². The molecule has 1 atom stereocenters. The molecule has 0 bridgehead atoms. The Bertz CT molecular complexity index is 636. The molecule has 22 heavy (non-hydrogen) atoms. The molecule has 1 saturated heterocycles. The van der Waals surface area contributed by atoms with E-state index in [0.29, 0.717) is 24.0 Å². The van der Waals surface area contributed by atoms with Gasteiger partial charge in [0.1, 0.15) is 10.6 Å². The van der Waals surface area contributed by atoms with Gasteiger partial charge in [-0.2, -0.15) is 4.31 Å². The molecular formula is C14H21ClN2O4S. The van der Waals surface area contributed by atoms with Crippen molar-refractivity contribution in [1.82, 2.24) is 4.31 Å². The van der Waals surface area contributed by atoms with Crippen molar-refractivity contribution < 1.29 is 17.9 Å². The molecule has 0 saturated carbocycles. The van der Waals surface area contributed by atoms with Crippen LogP contribution in [-0.4, -0.2) is 51.7 Å². The first-order valence-electron chi connectivity index (χ1n) is 7.15. The molecule has 0 amide bonds. The van der Waals surface area contributed by atoms with Crippen molar-refractivity contribution in [3.63, 3.8) is 0 Å². The van der Waals surface area contributed by atoms with E-state index in [0.717, 1.165) is 5.56 Å². The fourth-order valence-electron chi connectivity index (χ4n) is 2.30. The third-order valence-electron chi connectivity index (χ3n) is 3.51. The van der Waals surface area contributed by atoms with Crippen LogP contribution in [0, 0.1) is 6.92 Å². The summed E-state index contributed by atoms with van der Waals surface area (Å²) in [5.41, 5.74) is 6.35. The number of aryl methyl sites for hydroxylation is 1. The molecule has 1 fully saturated rings. The van der Waals surface area contributed by atoms with Crippen LogP contribution in [0.3, 0.4) is 0 Å². The zero-order valence-electron chi connectivity index (χ0n) is 12.7. The van der Waals surface area contributed by atoms with E-state index in [1.807, 2.05) is 0 Å². The molecule has 0 aliphatic carbocycles. The quantitative estimate of drug-likeness (QED) is 0.869. The van der Waals surface area contributed by atoms with Gasteiger partial charge in [-0.3, -0.25) is 0 Å². The van der Waals surface area contributed by atoms with Crippen LogP contribution in [0.25, 0.3) is 0 Å². The van der Waals surface area contributed by atoms with Crippen molar-refractivity contribution >= 4 is 21.6 Å². The van der Waals surface area contributed by atoms with Crippen LogP contribution >= 0.6 is 11.6 Å². The lowest BCUT2D eigenvalue weighted by Crippen LogP contribution is -2.48. The molecule has 1 aliphatic heterocycles. The lowest BCUT2D eigenvalue weighted by molar-refractivity contribution is 0.00446. The van der Waals surface area contributed by atoms with E-state index in [1.165, 1.54) is 10.4 Å². The average molecular weight is 349 g/mol. The average Bonchev–Trinajstić information content (AvgIpc) is 2.51. The Labute approximate surface area is 136 Å². The summed E-state index contributed by atoms with van der Waals surface area (Å²) in [5.74, 6) is 0.320. The number of sulfonamides is 1. The van der Waals surface area contributed by atoms with Gasteiger partial charge in [0.15, 0.2) is 0 Å². The van der Waals surface area contributed by atoms with E-state index >= 15 is 0 Å². The van der Waals surface area contributed by atoms with E-state index in [4.69, 9.17) is 26.8 Å². The second-order valence-electron chi connectivity index (χ2n) is 5.07. The SMILES string of the molecule is CCOc1cc(C)c(Cl)cc1S(=O)(=O)N1CCOC(CN)C1. The standard InChI is InChI=1S/C14H21ClN2O4S/c1-3-20-13-6-10(2)12(15)7-14(13)22(18,19)17-4-5-21-11(8-16)9-17/h6-7,11H,3-5,8-9,16H2,1-2H3. The lowest BCUT2D eigenvalue weighted by atomic mass is 10.2. The number of benzene rings is 1. The lowest BCUT2D eigenvalue weighted by Gasteiger charge is -2.32. The van der Waals surface area contributed by atoms with Crippen LogP contribution in [0.1, 0.15) is 12.5 Å². The molecular weight excluding hydrogens is 328 g/mol. The van der Waals surface area contributed by atoms with Crippen molar-refractivity contribution in [3.05, 3.63) is 22.7 Å². The third kappa shape index (κ3) is 3.55. The smallest absolute Gasteiger partial charge is 0.246 e. The first-order valence-corrected chi connectivity index (χ1v) is 8.96. The summed E-state index contributed by atoms with van der Waals surface area (Å²) in [4.78, 5) is 0.0858. The highest BCUT2D eigenvalue weighted by Crippen LogP contribution is 2.33. The summed E-state index contributed by atoms with van der Waals surface area (Å²) >= 11 is 6.10.